The van der Waals surface area contributed by atoms with Crippen molar-refractivity contribution in [3.63, 3.8) is 0 Å². The van der Waals surface area contributed by atoms with Crippen LogP contribution in [0.3, 0.4) is 0 Å². The Morgan fingerprint density at radius 1 is 1.19 bits per heavy atom. The first-order valence-electron chi connectivity index (χ1n) is 12.0. The van der Waals surface area contributed by atoms with Crippen LogP contribution in [0.5, 0.6) is 5.75 Å². The largest absolute Gasteiger partial charge is 0.493 e. The zero-order valence-corrected chi connectivity index (χ0v) is 18.7. The molecule has 0 spiro atoms. The lowest BCUT2D eigenvalue weighted by atomic mass is 9.90. The molecule has 2 saturated carbocycles. The smallest absolute Gasteiger partial charge is 0.176 e. The van der Waals surface area contributed by atoms with E-state index < -0.39 is 0 Å². The van der Waals surface area contributed by atoms with Gasteiger partial charge in [0, 0.05) is 17.3 Å². The second-order valence-corrected chi connectivity index (χ2v) is 9.87. The minimum atomic E-state index is -0.0890. The van der Waals surface area contributed by atoms with Crippen LogP contribution in [0.15, 0.2) is 16.7 Å². The van der Waals surface area contributed by atoms with Crippen LogP contribution in [-0.4, -0.2) is 41.4 Å². The first kappa shape index (κ1) is 20.8. The third kappa shape index (κ3) is 4.76. The molecule has 2 aliphatic carbocycles. The molecule has 1 saturated heterocycles. The van der Waals surface area contributed by atoms with Gasteiger partial charge in [-0.15, -0.1) is 5.92 Å². The van der Waals surface area contributed by atoms with E-state index in [4.69, 9.17) is 9.26 Å². The fraction of sp³-hybridized carbons (Fsp3) is 0.654. The van der Waals surface area contributed by atoms with Crippen LogP contribution in [0.25, 0.3) is 11.0 Å². The fourth-order valence-electron chi connectivity index (χ4n) is 4.99. The third-order valence-corrected chi connectivity index (χ3v) is 7.37. The topological polar surface area (TPSA) is 58.7 Å². The quantitative estimate of drug-likeness (QED) is 0.601. The van der Waals surface area contributed by atoms with Gasteiger partial charge in [0.1, 0.15) is 5.75 Å². The monoisotopic (exact) mass is 422 g/mol. The van der Waals surface area contributed by atoms with Crippen LogP contribution in [0, 0.1) is 29.1 Å². The number of benzene rings is 1. The van der Waals surface area contributed by atoms with Gasteiger partial charge in [0.05, 0.1) is 24.5 Å². The van der Waals surface area contributed by atoms with Gasteiger partial charge < -0.3 is 19.3 Å². The number of aryl methyl sites for hydroxylation is 1. The first-order valence-corrected chi connectivity index (χ1v) is 12.0. The van der Waals surface area contributed by atoms with Gasteiger partial charge in [-0.25, -0.2) is 0 Å². The molecule has 3 aliphatic rings. The molecular weight excluding hydrogens is 388 g/mol. The standard InChI is InChI=1S/C26H34N2O3/c1-2-11-26(12-13-26)18-28-14-9-19(10-15-28)5-7-23-21-6-8-24(30-17-20-3-4-20)22(16-29)25(21)31-27-23/h6,8,19-20,29H,3-5,7,9-10,12-18H2,1H3. The van der Waals surface area contributed by atoms with Crippen LogP contribution in [0.4, 0.5) is 0 Å². The maximum absolute atomic E-state index is 9.90. The van der Waals surface area contributed by atoms with Crippen LogP contribution < -0.4 is 4.74 Å². The highest BCUT2D eigenvalue weighted by atomic mass is 16.5. The van der Waals surface area contributed by atoms with E-state index in [0.29, 0.717) is 16.9 Å². The van der Waals surface area contributed by atoms with Crippen molar-refractivity contribution in [2.75, 3.05) is 26.2 Å². The Morgan fingerprint density at radius 3 is 2.68 bits per heavy atom. The van der Waals surface area contributed by atoms with Gasteiger partial charge >= 0.3 is 0 Å². The normalized spacial score (nSPS) is 21.1. The molecule has 2 aromatic rings. The molecule has 5 nitrogen and oxygen atoms in total. The molecule has 2 heterocycles. The number of ether oxygens (including phenoxy) is 1. The van der Waals surface area contributed by atoms with Crippen molar-refractivity contribution in [1.29, 1.82) is 0 Å². The summed E-state index contributed by atoms with van der Waals surface area (Å²) in [6.45, 7) is 6.13. The third-order valence-electron chi connectivity index (χ3n) is 7.37. The molecule has 0 atom stereocenters. The lowest BCUT2D eigenvalue weighted by Crippen LogP contribution is -2.37. The van der Waals surface area contributed by atoms with E-state index in [9.17, 15) is 5.11 Å². The molecule has 0 unspecified atom stereocenters. The predicted molar refractivity (Wildman–Crippen MR) is 121 cm³/mol. The lowest BCUT2D eigenvalue weighted by molar-refractivity contribution is 0.162. The van der Waals surface area contributed by atoms with E-state index in [1.165, 1.54) is 51.6 Å². The molecule has 0 bridgehead atoms. The van der Waals surface area contributed by atoms with Gasteiger partial charge in [-0.1, -0.05) is 11.1 Å². The Kier molecular flexibility index (Phi) is 5.95. The van der Waals surface area contributed by atoms with E-state index in [-0.39, 0.29) is 6.61 Å². The Labute approximate surface area is 185 Å². The molecule has 1 aromatic heterocycles. The number of piperidine rings is 1. The van der Waals surface area contributed by atoms with Crippen molar-refractivity contribution in [2.45, 2.75) is 64.9 Å². The fourth-order valence-corrected chi connectivity index (χ4v) is 4.99. The summed E-state index contributed by atoms with van der Waals surface area (Å²) in [7, 11) is 0. The van der Waals surface area contributed by atoms with Gasteiger partial charge in [0.25, 0.3) is 0 Å². The van der Waals surface area contributed by atoms with Crippen molar-refractivity contribution < 1.29 is 14.4 Å². The molecule has 0 amide bonds. The molecule has 3 fully saturated rings. The molecule has 31 heavy (non-hydrogen) atoms. The van der Waals surface area contributed by atoms with Crippen molar-refractivity contribution >= 4 is 11.0 Å². The zero-order valence-electron chi connectivity index (χ0n) is 18.7. The van der Waals surface area contributed by atoms with Crippen LogP contribution >= 0.6 is 0 Å². The maximum atomic E-state index is 9.90. The first-order chi connectivity index (χ1) is 15.2. The number of aromatic nitrogens is 1. The highest BCUT2D eigenvalue weighted by molar-refractivity contribution is 5.84. The number of nitrogens with zero attached hydrogens (tertiary/aromatic N) is 2. The second kappa shape index (κ2) is 8.84. The number of aliphatic hydroxyl groups excluding tert-OH is 1. The van der Waals surface area contributed by atoms with Gasteiger partial charge in [-0.05, 0) is 95.3 Å². The number of aliphatic hydroxyl groups is 1. The summed E-state index contributed by atoms with van der Waals surface area (Å²) in [5.74, 6) is 8.73. The Hall–Kier alpha value is -2.03. The number of fused-ring (bicyclic) bond motifs is 1. The Morgan fingerprint density at radius 2 is 2.00 bits per heavy atom. The van der Waals surface area contributed by atoms with Crippen molar-refractivity contribution in [1.82, 2.24) is 10.1 Å². The van der Waals surface area contributed by atoms with Gasteiger partial charge in [-0.3, -0.25) is 0 Å². The molecule has 5 heteroatoms. The maximum Gasteiger partial charge on any atom is 0.176 e. The van der Waals surface area contributed by atoms with Gasteiger partial charge in [0.2, 0.25) is 0 Å². The number of rotatable bonds is 9. The highest BCUT2D eigenvalue weighted by Gasteiger charge is 2.42. The molecule has 0 radical (unpaired) electrons. The number of hydrogen-bond acceptors (Lipinski definition) is 5. The number of likely N-dealkylation sites (tertiary alicyclic amines) is 1. The van der Waals surface area contributed by atoms with Crippen molar-refractivity contribution in [3.8, 4) is 17.6 Å². The molecule has 166 valence electrons. The van der Waals surface area contributed by atoms with E-state index in [1.807, 2.05) is 13.0 Å². The summed E-state index contributed by atoms with van der Waals surface area (Å²) in [6.07, 6.45) is 9.62. The molecular formula is C26H34N2O3. The second-order valence-electron chi connectivity index (χ2n) is 9.87. The molecule has 5 rings (SSSR count). The van der Waals surface area contributed by atoms with Crippen LogP contribution in [0.1, 0.15) is 63.1 Å². The predicted octanol–water partition coefficient (Wildman–Crippen LogP) is 4.56. The summed E-state index contributed by atoms with van der Waals surface area (Å²) in [5.41, 5.74) is 2.74. The van der Waals surface area contributed by atoms with Crippen LogP contribution in [0.2, 0.25) is 0 Å². The van der Waals surface area contributed by atoms with Gasteiger partial charge in [0.15, 0.2) is 5.58 Å². The molecule has 1 aromatic carbocycles. The summed E-state index contributed by atoms with van der Waals surface area (Å²) >= 11 is 0. The summed E-state index contributed by atoms with van der Waals surface area (Å²) in [5, 5.41) is 15.3. The van der Waals surface area contributed by atoms with Crippen molar-refractivity contribution in [2.24, 2.45) is 17.3 Å². The van der Waals surface area contributed by atoms with E-state index in [2.05, 4.69) is 28.0 Å². The van der Waals surface area contributed by atoms with Gasteiger partial charge in [-0.2, -0.15) is 0 Å². The van der Waals surface area contributed by atoms with E-state index >= 15 is 0 Å². The SMILES string of the molecule is CC#CC1(CN2CCC(CCc3noc4c(CO)c(OCC5CC5)ccc34)CC2)CC1. The minimum Gasteiger partial charge on any atom is -0.493 e. The summed E-state index contributed by atoms with van der Waals surface area (Å²) in [6, 6.07) is 4.03. The van der Waals surface area contributed by atoms with Crippen molar-refractivity contribution in [3.05, 3.63) is 23.4 Å². The molecule has 1 aliphatic heterocycles. The molecule has 1 N–H and O–H groups in total. The zero-order chi connectivity index (χ0) is 21.3. The average molecular weight is 423 g/mol. The van der Waals surface area contributed by atoms with E-state index in [0.717, 1.165) is 54.3 Å². The highest BCUT2D eigenvalue weighted by Crippen LogP contribution is 2.46. The minimum absolute atomic E-state index is 0.0890. The Balaban J connectivity index is 1.16. The Bertz CT molecular complexity index is 970. The average Bonchev–Trinajstić information content (AvgIpc) is 3.71. The van der Waals surface area contributed by atoms with Crippen LogP contribution in [-0.2, 0) is 13.0 Å². The summed E-state index contributed by atoms with van der Waals surface area (Å²) in [4.78, 5) is 2.62. The van der Waals surface area contributed by atoms with E-state index in [1.54, 1.807) is 0 Å². The number of hydrogen-bond donors (Lipinski definition) is 1. The summed E-state index contributed by atoms with van der Waals surface area (Å²) < 4.78 is 11.6. The lowest BCUT2D eigenvalue weighted by Gasteiger charge is -2.33.